The molecular formula is C12H23NO. The van der Waals surface area contributed by atoms with Crippen LogP contribution in [-0.2, 0) is 4.79 Å². The van der Waals surface area contributed by atoms with Crippen molar-refractivity contribution in [3.63, 3.8) is 0 Å². The molecular weight excluding hydrogens is 174 g/mol. The molecule has 1 unspecified atom stereocenters. The Labute approximate surface area is 87.2 Å². The van der Waals surface area contributed by atoms with Gasteiger partial charge in [-0.05, 0) is 11.3 Å². The van der Waals surface area contributed by atoms with Crippen molar-refractivity contribution >= 4 is 5.78 Å². The Morgan fingerprint density at radius 2 is 1.86 bits per heavy atom. The molecule has 1 atom stereocenters. The molecule has 14 heavy (non-hydrogen) atoms. The Kier molecular flexibility index (Phi) is 3.71. The van der Waals surface area contributed by atoms with Gasteiger partial charge in [-0.3, -0.25) is 4.79 Å². The summed E-state index contributed by atoms with van der Waals surface area (Å²) in [5.41, 5.74) is 5.84. The van der Waals surface area contributed by atoms with Crippen LogP contribution in [0.4, 0.5) is 0 Å². The second-order valence-corrected chi connectivity index (χ2v) is 5.66. The van der Waals surface area contributed by atoms with Crippen LogP contribution in [0.25, 0.3) is 0 Å². The van der Waals surface area contributed by atoms with Crippen molar-refractivity contribution in [3.8, 4) is 0 Å². The molecule has 0 radical (unpaired) electrons. The Bertz CT molecular complexity index is 199. The van der Waals surface area contributed by atoms with Gasteiger partial charge in [0.2, 0.25) is 0 Å². The van der Waals surface area contributed by atoms with Crippen LogP contribution < -0.4 is 5.73 Å². The highest BCUT2D eigenvalue weighted by atomic mass is 16.1. The molecule has 82 valence electrons. The topological polar surface area (TPSA) is 43.1 Å². The van der Waals surface area contributed by atoms with Crippen LogP contribution in [0.2, 0.25) is 0 Å². The van der Waals surface area contributed by atoms with E-state index in [1.165, 1.54) is 25.7 Å². The third-order valence-electron chi connectivity index (χ3n) is 3.24. The van der Waals surface area contributed by atoms with Crippen LogP contribution >= 0.6 is 0 Å². The van der Waals surface area contributed by atoms with Gasteiger partial charge >= 0.3 is 0 Å². The molecule has 0 aliphatic heterocycles. The van der Waals surface area contributed by atoms with Gasteiger partial charge in [0.15, 0.2) is 0 Å². The molecule has 0 amide bonds. The molecule has 1 saturated carbocycles. The first-order chi connectivity index (χ1) is 6.41. The zero-order chi connectivity index (χ0) is 10.8. The Balaban J connectivity index is 2.41. The lowest BCUT2D eigenvalue weighted by Gasteiger charge is -2.26. The first-order valence-electron chi connectivity index (χ1n) is 5.69. The van der Waals surface area contributed by atoms with E-state index in [0.29, 0.717) is 12.3 Å². The van der Waals surface area contributed by atoms with Crippen LogP contribution in [0.5, 0.6) is 0 Å². The summed E-state index contributed by atoms with van der Waals surface area (Å²) >= 11 is 0. The summed E-state index contributed by atoms with van der Waals surface area (Å²) in [4.78, 5) is 11.8. The van der Waals surface area contributed by atoms with E-state index in [4.69, 9.17) is 5.73 Å². The largest absolute Gasteiger partial charge is 0.321 e. The molecule has 1 fully saturated rings. The van der Waals surface area contributed by atoms with Crippen LogP contribution in [0, 0.1) is 11.3 Å². The highest BCUT2D eigenvalue weighted by Gasteiger charge is 2.29. The van der Waals surface area contributed by atoms with E-state index in [1.807, 2.05) is 20.8 Å². The Hall–Kier alpha value is -0.370. The molecule has 2 heteroatoms. The number of hydrogen-bond acceptors (Lipinski definition) is 2. The van der Waals surface area contributed by atoms with E-state index in [1.54, 1.807) is 0 Å². The maximum Gasteiger partial charge on any atom is 0.150 e. The van der Waals surface area contributed by atoms with Crippen LogP contribution in [0.3, 0.4) is 0 Å². The van der Waals surface area contributed by atoms with E-state index in [0.717, 1.165) is 0 Å². The van der Waals surface area contributed by atoms with Gasteiger partial charge in [0.1, 0.15) is 5.78 Å². The number of nitrogens with two attached hydrogens (primary N) is 1. The summed E-state index contributed by atoms with van der Waals surface area (Å²) in [6.07, 6.45) is 5.75. The molecule has 1 rings (SSSR count). The molecule has 1 aliphatic carbocycles. The number of Topliss-reactive ketones (excluding diaryl/α,β-unsaturated/α-hetero) is 1. The van der Waals surface area contributed by atoms with Crippen molar-refractivity contribution in [2.24, 2.45) is 17.1 Å². The molecule has 2 N–H and O–H groups in total. The van der Waals surface area contributed by atoms with Gasteiger partial charge in [0, 0.05) is 6.42 Å². The molecule has 0 heterocycles. The maximum absolute atomic E-state index is 11.8. The van der Waals surface area contributed by atoms with Gasteiger partial charge in [-0.2, -0.15) is 0 Å². The Morgan fingerprint density at radius 3 is 2.29 bits per heavy atom. The summed E-state index contributed by atoms with van der Waals surface area (Å²) in [7, 11) is 0. The second-order valence-electron chi connectivity index (χ2n) is 5.66. The highest BCUT2D eigenvalue weighted by Crippen LogP contribution is 2.29. The molecule has 2 nitrogen and oxygen atoms in total. The zero-order valence-electron chi connectivity index (χ0n) is 9.68. The summed E-state index contributed by atoms with van der Waals surface area (Å²) < 4.78 is 0. The third kappa shape index (κ3) is 3.09. The number of ketones is 1. The number of carbonyl (C=O) groups excluding carboxylic acids is 1. The second kappa shape index (κ2) is 4.43. The van der Waals surface area contributed by atoms with Gasteiger partial charge in [-0.15, -0.1) is 0 Å². The normalized spacial score (nSPS) is 21.1. The van der Waals surface area contributed by atoms with E-state index in [2.05, 4.69) is 0 Å². The summed E-state index contributed by atoms with van der Waals surface area (Å²) in [6.45, 7) is 6.10. The van der Waals surface area contributed by atoms with Gasteiger partial charge < -0.3 is 5.73 Å². The average Bonchev–Trinajstić information content (AvgIpc) is 2.53. The molecule has 0 aromatic carbocycles. The fraction of sp³-hybridized carbons (Fsp3) is 0.917. The van der Waals surface area contributed by atoms with Crippen molar-refractivity contribution < 1.29 is 4.79 Å². The molecule has 0 saturated heterocycles. The van der Waals surface area contributed by atoms with Crippen molar-refractivity contribution in [1.29, 1.82) is 0 Å². The first-order valence-corrected chi connectivity index (χ1v) is 5.69. The molecule has 0 aromatic heterocycles. The van der Waals surface area contributed by atoms with Gasteiger partial charge in [-0.1, -0.05) is 46.5 Å². The minimum absolute atomic E-state index is 0.0876. The quantitative estimate of drug-likeness (QED) is 0.755. The third-order valence-corrected chi connectivity index (χ3v) is 3.24. The predicted molar refractivity (Wildman–Crippen MR) is 59.0 cm³/mol. The summed E-state index contributed by atoms with van der Waals surface area (Å²) in [5.74, 6) is 0.875. The lowest BCUT2D eigenvalue weighted by atomic mass is 9.82. The number of carbonyl (C=O) groups is 1. The zero-order valence-corrected chi connectivity index (χ0v) is 9.68. The fourth-order valence-corrected chi connectivity index (χ4v) is 2.11. The maximum atomic E-state index is 11.8. The molecule has 0 spiro atoms. The van der Waals surface area contributed by atoms with Crippen molar-refractivity contribution in [2.45, 2.75) is 58.9 Å². The number of hydrogen-bond donors (Lipinski definition) is 1. The highest BCUT2D eigenvalue weighted by molar-refractivity contribution is 5.84. The standard InChI is InChI=1S/C12H23NO/c1-12(2,3)11(13)10(14)8-9-6-4-5-7-9/h9,11H,4-8,13H2,1-3H3. The van der Waals surface area contributed by atoms with Crippen LogP contribution in [-0.4, -0.2) is 11.8 Å². The van der Waals surface area contributed by atoms with E-state index >= 15 is 0 Å². The van der Waals surface area contributed by atoms with Crippen molar-refractivity contribution in [2.75, 3.05) is 0 Å². The first kappa shape index (κ1) is 11.7. The lowest BCUT2D eigenvalue weighted by Crippen LogP contribution is -2.42. The van der Waals surface area contributed by atoms with Crippen molar-refractivity contribution in [3.05, 3.63) is 0 Å². The van der Waals surface area contributed by atoms with Gasteiger partial charge in [0.05, 0.1) is 6.04 Å². The minimum atomic E-state index is -0.289. The lowest BCUT2D eigenvalue weighted by molar-refractivity contribution is -0.123. The summed E-state index contributed by atoms with van der Waals surface area (Å²) in [5, 5.41) is 0. The SMILES string of the molecule is CC(C)(C)C(N)C(=O)CC1CCCC1. The van der Waals surface area contributed by atoms with Crippen molar-refractivity contribution in [1.82, 2.24) is 0 Å². The minimum Gasteiger partial charge on any atom is -0.321 e. The Morgan fingerprint density at radius 1 is 1.36 bits per heavy atom. The molecule has 1 aliphatic rings. The van der Waals surface area contributed by atoms with Crippen LogP contribution in [0.15, 0.2) is 0 Å². The monoisotopic (exact) mass is 197 g/mol. The van der Waals surface area contributed by atoms with E-state index in [-0.39, 0.29) is 17.2 Å². The van der Waals surface area contributed by atoms with E-state index < -0.39 is 0 Å². The molecule has 0 aromatic rings. The average molecular weight is 197 g/mol. The van der Waals surface area contributed by atoms with E-state index in [9.17, 15) is 4.79 Å². The molecule has 0 bridgehead atoms. The summed E-state index contributed by atoms with van der Waals surface area (Å²) in [6, 6.07) is -0.289. The predicted octanol–water partition coefficient (Wildman–Crippen LogP) is 2.51. The van der Waals surface area contributed by atoms with Gasteiger partial charge in [0.25, 0.3) is 0 Å². The smallest absolute Gasteiger partial charge is 0.150 e. The number of rotatable bonds is 3. The fourth-order valence-electron chi connectivity index (χ4n) is 2.11. The van der Waals surface area contributed by atoms with Crippen LogP contribution in [0.1, 0.15) is 52.9 Å². The van der Waals surface area contributed by atoms with Gasteiger partial charge in [-0.25, -0.2) is 0 Å².